The van der Waals surface area contributed by atoms with Crippen LogP contribution in [0.25, 0.3) is 0 Å². The van der Waals surface area contributed by atoms with Crippen molar-refractivity contribution in [1.29, 1.82) is 0 Å². The fraction of sp³-hybridized carbons (Fsp3) is 0.462. The molecule has 0 spiro atoms. The van der Waals surface area contributed by atoms with Crippen molar-refractivity contribution in [3.63, 3.8) is 0 Å². The summed E-state index contributed by atoms with van der Waals surface area (Å²) in [4.78, 5) is 0. The van der Waals surface area contributed by atoms with Crippen LogP contribution in [0, 0.1) is 0 Å². The lowest BCUT2D eigenvalue weighted by Crippen LogP contribution is -2.25. The minimum Gasteiger partial charge on any atom is -0.309 e. The summed E-state index contributed by atoms with van der Waals surface area (Å²) >= 11 is 8.00. The van der Waals surface area contributed by atoms with E-state index in [4.69, 9.17) is 11.6 Å². The first-order valence-electron chi connectivity index (χ1n) is 6.21. The molecule has 2 aromatic heterocycles. The second kappa shape index (κ2) is 6.36. The molecule has 3 nitrogen and oxygen atoms in total. The number of rotatable bonds is 6. The third-order valence-electron chi connectivity index (χ3n) is 2.93. The number of nitrogens with one attached hydrogen (secondary N) is 1. The largest absolute Gasteiger partial charge is 0.309 e. The maximum Gasteiger partial charge on any atom is 0.0834 e. The Balaban J connectivity index is 2.25. The second-order valence-corrected chi connectivity index (χ2v) is 5.33. The number of thiophene rings is 1. The molecule has 0 saturated carbocycles. The van der Waals surface area contributed by atoms with E-state index in [1.165, 1.54) is 5.56 Å². The standard InChI is InChI=1S/C13H18ClN3S/c1-3-15-12(7-10-5-6-18-9-10)13-11(14)8-16-17(13)4-2/h5-6,8-9,12,15H,3-4,7H2,1-2H3. The Morgan fingerprint density at radius 2 is 2.33 bits per heavy atom. The number of aromatic nitrogens is 2. The van der Waals surface area contributed by atoms with Crippen molar-refractivity contribution in [1.82, 2.24) is 15.1 Å². The van der Waals surface area contributed by atoms with Crippen LogP contribution >= 0.6 is 22.9 Å². The number of aryl methyl sites for hydroxylation is 1. The molecule has 2 rings (SSSR count). The first-order valence-corrected chi connectivity index (χ1v) is 7.54. The van der Waals surface area contributed by atoms with Gasteiger partial charge < -0.3 is 5.32 Å². The van der Waals surface area contributed by atoms with E-state index in [-0.39, 0.29) is 6.04 Å². The van der Waals surface area contributed by atoms with E-state index in [2.05, 4.69) is 41.1 Å². The summed E-state index contributed by atoms with van der Waals surface area (Å²) in [6.07, 6.45) is 2.68. The zero-order valence-electron chi connectivity index (χ0n) is 10.7. The monoisotopic (exact) mass is 283 g/mol. The number of hydrogen-bond acceptors (Lipinski definition) is 3. The molecule has 0 fully saturated rings. The number of hydrogen-bond donors (Lipinski definition) is 1. The van der Waals surface area contributed by atoms with E-state index in [1.807, 2.05) is 4.68 Å². The van der Waals surface area contributed by atoms with Gasteiger partial charge in [0, 0.05) is 6.54 Å². The second-order valence-electron chi connectivity index (χ2n) is 4.14. The summed E-state index contributed by atoms with van der Waals surface area (Å²) in [6, 6.07) is 2.38. The molecule has 0 aliphatic heterocycles. The van der Waals surface area contributed by atoms with Gasteiger partial charge in [0.05, 0.1) is 23.0 Å². The highest BCUT2D eigenvalue weighted by molar-refractivity contribution is 7.07. The van der Waals surface area contributed by atoms with Gasteiger partial charge in [-0.1, -0.05) is 18.5 Å². The van der Waals surface area contributed by atoms with Crippen LogP contribution in [0.1, 0.15) is 31.1 Å². The first kappa shape index (κ1) is 13.6. The molecule has 1 unspecified atom stereocenters. The Bertz CT molecular complexity index is 478. The summed E-state index contributed by atoms with van der Waals surface area (Å²) in [5.74, 6) is 0. The average molecular weight is 284 g/mol. The van der Waals surface area contributed by atoms with Crippen LogP contribution < -0.4 is 5.32 Å². The summed E-state index contributed by atoms with van der Waals surface area (Å²) in [5.41, 5.74) is 2.43. The lowest BCUT2D eigenvalue weighted by molar-refractivity contribution is 0.491. The van der Waals surface area contributed by atoms with Gasteiger partial charge in [-0.25, -0.2) is 0 Å². The highest BCUT2D eigenvalue weighted by Gasteiger charge is 2.19. The van der Waals surface area contributed by atoms with Crippen molar-refractivity contribution < 1.29 is 0 Å². The molecule has 98 valence electrons. The van der Waals surface area contributed by atoms with Gasteiger partial charge in [0.25, 0.3) is 0 Å². The lowest BCUT2D eigenvalue weighted by Gasteiger charge is -2.19. The van der Waals surface area contributed by atoms with E-state index < -0.39 is 0 Å². The molecule has 0 aromatic carbocycles. The summed E-state index contributed by atoms with van der Waals surface area (Å²) < 4.78 is 1.97. The third kappa shape index (κ3) is 2.94. The SMILES string of the molecule is CCNC(Cc1ccsc1)c1c(Cl)cnn1CC. The Morgan fingerprint density at radius 3 is 2.94 bits per heavy atom. The summed E-state index contributed by atoms with van der Waals surface area (Å²) in [6.45, 7) is 5.95. The van der Waals surface area contributed by atoms with Crippen LogP contribution in [0.15, 0.2) is 23.0 Å². The molecule has 0 aliphatic carbocycles. The molecule has 1 N–H and O–H groups in total. The van der Waals surface area contributed by atoms with Gasteiger partial charge in [-0.3, -0.25) is 4.68 Å². The van der Waals surface area contributed by atoms with E-state index in [9.17, 15) is 0 Å². The molecule has 0 amide bonds. The molecular formula is C13H18ClN3S. The van der Waals surface area contributed by atoms with Crippen LogP contribution in [0.5, 0.6) is 0 Å². The number of halogens is 1. The van der Waals surface area contributed by atoms with Crippen LogP contribution in [0.3, 0.4) is 0 Å². The fourth-order valence-electron chi connectivity index (χ4n) is 2.13. The fourth-order valence-corrected chi connectivity index (χ4v) is 3.08. The predicted octanol–water partition coefficient (Wildman–Crippen LogP) is 3.51. The van der Waals surface area contributed by atoms with Gasteiger partial charge in [0.15, 0.2) is 0 Å². The van der Waals surface area contributed by atoms with Gasteiger partial charge in [-0.2, -0.15) is 16.4 Å². The molecule has 0 saturated heterocycles. The van der Waals surface area contributed by atoms with E-state index in [0.29, 0.717) is 0 Å². The van der Waals surface area contributed by atoms with Gasteiger partial charge >= 0.3 is 0 Å². The normalized spacial score (nSPS) is 12.8. The molecule has 2 aromatic rings. The molecule has 1 atom stereocenters. The maximum absolute atomic E-state index is 6.27. The highest BCUT2D eigenvalue weighted by Crippen LogP contribution is 2.26. The van der Waals surface area contributed by atoms with Crippen molar-refractivity contribution in [3.05, 3.63) is 39.3 Å². The van der Waals surface area contributed by atoms with Crippen molar-refractivity contribution in [2.75, 3.05) is 6.54 Å². The van der Waals surface area contributed by atoms with Crippen molar-refractivity contribution in [2.45, 2.75) is 32.9 Å². The lowest BCUT2D eigenvalue weighted by atomic mass is 10.1. The Hall–Kier alpha value is -0.840. The minimum absolute atomic E-state index is 0.222. The van der Waals surface area contributed by atoms with E-state index in [1.54, 1.807) is 17.5 Å². The third-order valence-corrected chi connectivity index (χ3v) is 3.96. The Labute approximate surface area is 117 Å². The topological polar surface area (TPSA) is 29.9 Å². The predicted molar refractivity (Wildman–Crippen MR) is 77.4 cm³/mol. The smallest absolute Gasteiger partial charge is 0.0834 e. The van der Waals surface area contributed by atoms with Gasteiger partial charge in [0.2, 0.25) is 0 Å². The van der Waals surface area contributed by atoms with Crippen LogP contribution in [0.2, 0.25) is 5.02 Å². The average Bonchev–Trinajstić information content (AvgIpc) is 2.98. The van der Waals surface area contributed by atoms with Gasteiger partial charge in [0.1, 0.15) is 0 Å². The zero-order valence-corrected chi connectivity index (χ0v) is 12.3. The van der Waals surface area contributed by atoms with Gasteiger partial charge in [-0.05, 0) is 42.3 Å². The Kier molecular flexibility index (Phi) is 4.80. The number of likely N-dealkylation sites (N-methyl/N-ethyl adjacent to an activating group) is 1. The maximum atomic E-state index is 6.27. The van der Waals surface area contributed by atoms with Crippen molar-refractivity contribution in [2.24, 2.45) is 0 Å². The van der Waals surface area contributed by atoms with Gasteiger partial charge in [-0.15, -0.1) is 0 Å². The quantitative estimate of drug-likeness (QED) is 0.879. The van der Waals surface area contributed by atoms with E-state index in [0.717, 1.165) is 30.2 Å². The number of nitrogens with zero attached hydrogens (tertiary/aromatic N) is 2. The van der Waals surface area contributed by atoms with Crippen LogP contribution in [-0.4, -0.2) is 16.3 Å². The van der Waals surface area contributed by atoms with Crippen molar-refractivity contribution in [3.8, 4) is 0 Å². The summed E-state index contributed by atoms with van der Waals surface area (Å²) in [5, 5.41) is 12.9. The Morgan fingerprint density at radius 1 is 1.50 bits per heavy atom. The van der Waals surface area contributed by atoms with Crippen LogP contribution in [0.4, 0.5) is 0 Å². The highest BCUT2D eigenvalue weighted by atomic mass is 35.5. The molecule has 5 heteroatoms. The first-order chi connectivity index (χ1) is 8.76. The van der Waals surface area contributed by atoms with Crippen molar-refractivity contribution >= 4 is 22.9 Å². The molecular weight excluding hydrogens is 266 g/mol. The zero-order chi connectivity index (χ0) is 13.0. The summed E-state index contributed by atoms with van der Waals surface area (Å²) in [7, 11) is 0. The van der Waals surface area contributed by atoms with Crippen LogP contribution in [-0.2, 0) is 13.0 Å². The molecule has 18 heavy (non-hydrogen) atoms. The molecule has 0 radical (unpaired) electrons. The minimum atomic E-state index is 0.222. The molecule has 0 bridgehead atoms. The molecule has 2 heterocycles. The molecule has 0 aliphatic rings. The van der Waals surface area contributed by atoms with E-state index >= 15 is 0 Å².